The number of carbonyl (C=O) groups excluding carboxylic acids is 12. The molecule has 34 heteroatoms. The van der Waals surface area contributed by atoms with Crippen molar-refractivity contribution in [2.24, 2.45) is 35.5 Å². The average Bonchev–Trinajstić information content (AvgIpc) is 1.17. The van der Waals surface area contributed by atoms with E-state index in [2.05, 4.69) is 16.0 Å². The standard InChI is InChI=1S/C71H106F10N12O12/c1-12-40(3)57-65(103)87(7)39-55(96)89(9)49-22-15-14-18-31-92(64(49)102)52(34-41-25-29-69(74,75)30-26-41)63(101)86(6)38-53(94)82-47(24-23-42-32-45(72)56(46(73)33-42)71(79,80)81)61(99)93-37-44(70(76,77)78)35-50(93)60(98)84-68(27-19-28-68)67(105)91(11)58(43-20-16-17-21-43)66(104)90(10)51(62(100)85(4)5)36-54(95)88(8)48(13-2)59(97)83-57/h14-15,40-52,56-58H,12-13,16-39H2,1-11H3,(H,82,94)(H,83,97)(H,84,98)/b15-14-/t40-,42?,44+,45?,46?,47-,48-,49-,50-,51-,52-,56?,57-,58-/m0/s1. The Balaban J connectivity index is 1.32. The molecule has 1 spiro atoms. The lowest BCUT2D eigenvalue weighted by Crippen LogP contribution is -2.68. The summed E-state index contributed by atoms with van der Waals surface area (Å²) in [6.07, 6.45) is -16.8. The molecule has 3 aliphatic heterocycles. The van der Waals surface area contributed by atoms with Gasteiger partial charge in [0.05, 0.1) is 25.4 Å². The van der Waals surface area contributed by atoms with Gasteiger partial charge in [-0.25, -0.2) is 17.6 Å². The summed E-state index contributed by atoms with van der Waals surface area (Å²) in [5, 5.41) is 7.79. The van der Waals surface area contributed by atoms with E-state index in [9.17, 15) is 50.7 Å². The number of alkyl halides is 10. The maximum atomic E-state index is 15.4. The van der Waals surface area contributed by atoms with Crippen molar-refractivity contribution in [2.45, 2.75) is 247 Å². The minimum atomic E-state index is -5.29. The van der Waals surface area contributed by atoms with Gasteiger partial charge in [0.25, 0.3) is 0 Å². The summed E-state index contributed by atoms with van der Waals surface area (Å²) >= 11 is 0. The quantitative estimate of drug-likeness (QED) is 0.169. The predicted molar refractivity (Wildman–Crippen MR) is 361 cm³/mol. The van der Waals surface area contributed by atoms with Crippen LogP contribution >= 0.6 is 0 Å². The van der Waals surface area contributed by atoms with Gasteiger partial charge in [0.15, 0.2) is 0 Å². The van der Waals surface area contributed by atoms with Crippen LogP contribution in [0.15, 0.2) is 12.2 Å². The average molecular weight is 1510 g/mol. The Kier molecular flexibility index (Phi) is 28.4. The Morgan fingerprint density at radius 2 is 1.24 bits per heavy atom. The summed E-state index contributed by atoms with van der Waals surface area (Å²) < 4.78 is 147. The number of amides is 12. The van der Waals surface area contributed by atoms with Crippen molar-refractivity contribution < 1.29 is 101 Å². The van der Waals surface area contributed by atoms with Crippen LogP contribution < -0.4 is 16.0 Å². The fourth-order valence-corrected chi connectivity index (χ4v) is 16.3. The number of carbonyl (C=O) groups is 12. The third kappa shape index (κ3) is 20.1. The molecule has 2 unspecified atom stereocenters. The van der Waals surface area contributed by atoms with E-state index in [0.29, 0.717) is 37.0 Å². The molecule has 3 N–H and O–H groups in total. The van der Waals surface area contributed by atoms with E-state index in [1.807, 2.05) is 0 Å². The molecule has 105 heavy (non-hydrogen) atoms. The Bertz CT molecular complexity index is 3190. The molecular weight excluding hydrogens is 1400 g/mol. The van der Waals surface area contributed by atoms with Gasteiger partial charge in [-0.2, -0.15) is 26.3 Å². The third-order valence-electron chi connectivity index (χ3n) is 23.2. The minimum Gasteiger partial charge on any atom is -0.347 e. The first-order valence-corrected chi connectivity index (χ1v) is 36.7. The van der Waals surface area contributed by atoms with E-state index in [1.165, 1.54) is 54.2 Å². The van der Waals surface area contributed by atoms with Gasteiger partial charge in [-0.1, -0.05) is 52.2 Å². The van der Waals surface area contributed by atoms with Crippen LogP contribution in [-0.4, -0.2) is 282 Å². The van der Waals surface area contributed by atoms with E-state index in [4.69, 9.17) is 0 Å². The molecule has 2 bridgehead atoms. The van der Waals surface area contributed by atoms with Crippen LogP contribution in [0.4, 0.5) is 43.9 Å². The van der Waals surface area contributed by atoms with E-state index >= 15 is 50.7 Å². The molecule has 2 saturated heterocycles. The summed E-state index contributed by atoms with van der Waals surface area (Å²) in [6, 6.07) is -12.6. The molecule has 0 radical (unpaired) electrons. The number of nitrogens with one attached hydrogen (secondary N) is 3. The number of rotatable bonds is 10. The van der Waals surface area contributed by atoms with Gasteiger partial charge >= 0.3 is 12.4 Å². The lowest BCUT2D eigenvalue weighted by atomic mass is 9.74. The molecular formula is C71H106F10N12O12. The summed E-state index contributed by atoms with van der Waals surface area (Å²) in [4.78, 5) is 188. The van der Waals surface area contributed by atoms with Crippen molar-refractivity contribution in [2.75, 3.05) is 82.6 Å². The van der Waals surface area contributed by atoms with Gasteiger partial charge in [0, 0.05) is 82.3 Å². The van der Waals surface area contributed by atoms with Crippen LogP contribution in [0.5, 0.6) is 0 Å². The van der Waals surface area contributed by atoms with Crippen LogP contribution in [0, 0.1) is 35.5 Å². The molecule has 4 aliphatic carbocycles. The highest BCUT2D eigenvalue weighted by Crippen LogP contribution is 2.46. The maximum Gasteiger partial charge on any atom is 0.397 e. The van der Waals surface area contributed by atoms with Crippen LogP contribution in [0.2, 0.25) is 0 Å². The molecule has 3 heterocycles. The zero-order valence-electron chi connectivity index (χ0n) is 62.0. The second kappa shape index (κ2) is 35.2. The van der Waals surface area contributed by atoms with Gasteiger partial charge in [-0.15, -0.1) is 0 Å². The predicted octanol–water partition coefficient (Wildman–Crippen LogP) is 5.95. The summed E-state index contributed by atoms with van der Waals surface area (Å²) in [6.45, 7) is 1.90. The summed E-state index contributed by atoms with van der Waals surface area (Å²) in [7, 11) is 10.3. The Labute approximate surface area is 607 Å². The minimum absolute atomic E-state index is 0.0371. The SMILES string of the molecule is CC[C@H](C)[C@@H]1NC(=O)[C@H](CC)N(C)C(=O)C[C@@H](C(=O)N(C)C)N(C)C(=O)[C@H](C2CCCC2)N(C)C(=O)C2(CCC2)NC(=O)[C@@H]2C[C@@H](C(F)(F)F)CN2C(=O)[C@H](CCC2CC(F)C(C(F)(F)F)C(F)C2)NC(=O)CN(C)C(=O)[C@H](CC2CCC(F)(F)CC2)N2CC/C=C\C[C@@H](C2=O)N(C)C(=O)CN(C)C1=O. The Hall–Kier alpha value is -7.32. The smallest absolute Gasteiger partial charge is 0.347 e. The van der Waals surface area contributed by atoms with Gasteiger partial charge in [0.1, 0.15) is 72.1 Å². The van der Waals surface area contributed by atoms with Crippen LogP contribution in [-0.2, 0) is 57.5 Å². The van der Waals surface area contributed by atoms with Gasteiger partial charge in [0.2, 0.25) is 76.8 Å². The first-order valence-electron chi connectivity index (χ1n) is 36.7. The second-order valence-corrected chi connectivity index (χ2v) is 30.6. The number of hydrogen-bond acceptors (Lipinski definition) is 12. The highest BCUT2D eigenvalue weighted by molar-refractivity contribution is 6.01. The van der Waals surface area contributed by atoms with Crippen molar-refractivity contribution >= 4 is 70.9 Å². The molecule has 6 fully saturated rings. The Morgan fingerprint density at radius 1 is 0.629 bits per heavy atom. The highest BCUT2D eigenvalue weighted by Gasteiger charge is 2.58. The summed E-state index contributed by atoms with van der Waals surface area (Å²) in [5.41, 5.74) is -1.93. The second-order valence-electron chi connectivity index (χ2n) is 30.6. The van der Waals surface area contributed by atoms with Gasteiger partial charge in [-0.3, -0.25) is 57.5 Å². The van der Waals surface area contributed by atoms with E-state index in [0.717, 1.165) is 41.3 Å². The highest BCUT2D eigenvalue weighted by atomic mass is 19.4. The molecule has 7 aliphatic rings. The number of hydrogen-bond donors (Lipinski definition) is 3. The largest absolute Gasteiger partial charge is 0.397 e. The van der Waals surface area contributed by atoms with Crippen LogP contribution in [0.25, 0.3) is 0 Å². The lowest BCUT2D eigenvalue weighted by Gasteiger charge is -2.46. The van der Waals surface area contributed by atoms with Crippen LogP contribution in [0.1, 0.15) is 162 Å². The number of halogens is 10. The zero-order valence-corrected chi connectivity index (χ0v) is 62.0. The monoisotopic (exact) mass is 1510 g/mol. The first-order chi connectivity index (χ1) is 49.0. The zero-order chi connectivity index (χ0) is 78.3. The molecule has 24 nitrogen and oxygen atoms in total. The van der Waals surface area contributed by atoms with E-state index < -0.39 is 262 Å². The molecule has 4 saturated carbocycles. The first kappa shape index (κ1) is 84.9. The molecule has 12 atom stereocenters. The maximum absolute atomic E-state index is 15.4. The van der Waals surface area contributed by atoms with E-state index in [1.54, 1.807) is 32.9 Å². The molecule has 7 rings (SSSR count). The van der Waals surface area contributed by atoms with Crippen LogP contribution in [0.3, 0.4) is 0 Å². The topological polar surface area (TPSA) is 270 Å². The molecule has 0 aromatic rings. The van der Waals surface area contributed by atoms with Crippen molar-refractivity contribution in [1.29, 1.82) is 0 Å². The van der Waals surface area contributed by atoms with Crippen molar-refractivity contribution in [1.82, 2.24) is 60.0 Å². The fourth-order valence-electron chi connectivity index (χ4n) is 16.3. The number of nitrogens with zero attached hydrogens (tertiary/aromatic N) is 9. The molecule has 0 aromatic carbocycles. The third-order valence-corrected chi connectivity index (χ3v) is 23.2. The summed E-state index contributed by atoms with van der Waals surface area (Å²) in [5.74, 6) is -22.7. The van der Waals surface area contributed by atoms with Crippen molar-refractivity contribution in [3.8, 4) is 0 Å². The van der Waals surface area contributed by atoms with Gasteiger partial charge < -0.3 is 60.0 Å². The normalized spacial score (nSPS) is 31.8. The molecule has 12 amide bonds. The number of fused-ring (bicyclic) bond motifs is 3. The molecule has 0 aromatic heterocycles. The number of likely N-dealkylation sites (N-methyl/N-ethyl adjacent to an activating group) is 7. The Morgan fingerprint density at radius 3 is 1.79 bits per heavy atom. The van der Waals surface area contributed by atoms with E-state index in [-0.39, 0.29) is 64.3 Å². The van der Waals surface area contributed by atoms with Crippen molar-refractivity contribution in [3.63, 3.8) is 0 Å². The lowest BCUT2D eigenvalue weighted by molar-refractivity contribution is -0.219. The van der Waals surface area contributed by atoms with Crippen molar-refractivity contribution in [3.05, 3.63) is 12.2 Å². The fraction of sp³-hybridized carbons (Fsp3) is 0.803. The van der Waals surface area contributed by atoms with Gasteiger partial charge in [-0.05, 0) is 126 Å². The molecule has 592 valence electrons.